The van der Waals surface area contributed by atoms with Gasteiger partial charge in [0, 0.05) is 6.42 Å². The second-order valence-electron chi connectivity index (χ2n) is 7.27. The highest BCUT2D eigenvalue weighted by molar-refractivity contribution is 6.99. The minimum absolute atomic E-state index is 0.0639. The number of benzene rings is 2. The van der Waals surface area contributed by atoms with Crippen molar-refractivity contribution in [3.05, 3.63) is 60.7 Å². The lowest BCUT2D eigenvalue weighted by Crippen LogP contribution is -2.69. The van der Waals surface area contributed by atoms with E-state index < -0.39 is 8.32 Å². The lowest BCUT2D eigenvalue weighted by atomic mass is 9.95. The van der Waals surface area contributed by atoms with Gasteiger partial charge < -0.3 is 4.43 Å². The highest BCUT2D eigenvalue weighted by atomic mass is 28.4. The van der Waals surface area contributed by atoms with Crippen LogP contribution in [-0.2, 0) is 9.22 Å². The van der Waals surface area contributed by atoms with E-state index in [4.69, 9.17) is 4.43 Å². The molecule has 2 aromatic carbocycles. The van der Waals surface area contributed by atoms with Crippen LogP contribution in [0.3, 0.4) is 0 Å². The van der Waals surface area contributed by atoms with E-state index >= 15 is 0 Å². The van der Waals surface area contributed by atoms with E-state index in [1.165, 1.54) is 10.4 Å². The number of hydrogen-bond donors (Lipinski definition) is 0. The molecule has 120 valence electrons. The van der Waals surface area contributed by atoms with Crippen LogP contribution in [0.1, 0.15) is 33.6 Å². The highest BCUT2D eigenvalue weighted by Crippen LogP contribution is 2.39. The Bertz CT molecular complexity index is 634. The highest BCUT2D eigenvalue weighted by Gasteiger charge is 2.53. The molecule has 23 heavy (non-hydrogen) atoms. The number of carbonyl (C=O) groups excluding carboxylic acids is 1. The normalized spacial score (nSPS) is 18.6. The summed E-state index contributed by atoms with van der Waals surface area (Å²) in [5.74, 6) is 0.248. The molecule has 1 saturated carbocycles. The summed E-state index contributed by atoms with van der Waals surface area (Å²) in [5.41, 5.74) is 0. The molecule has 0 aliphatic heterocycles. The van der Waals surface area contributed by atoms with E-state index in [0.717, 1.165) is 6.42 Å². The third-order valence-corrected chi connectivity index (χ3v) is 9.79. The fourth-order valence-corrected chi connectivity index (χ4v) is 8.10. The van der Waals surface area contributed by atoms with Gasteiger partial charge in [-0.05, 0) is 21.8 Å². The number of Topliss-reactive ketones (excluding diaryl/α,β-unsaturated/α-hetero) is 1. The van der Waals surface area contributed by atoms with Crippen molar-refractivity contribution in [2.45, 2.75) is 44.8 Å². The molecule has 1 aliphatic rings. The largest absolute Gasteiger partial charge is 0.397 e. The van der Waals surface area contributed by atoms with Crippen molar-refractivity contribution in [3.8, 4) is 0 Å². The Morgan fingerprint density at radius 3 is 1.70 bits per heavy atom. The van der Waals surface area contributed by atoms with Crippen molar-refractivity contribution in [2.24, 2.45) is 0 Å². The Balaban J connectivity index is 2.19. The minimum atomic E-state index is -2.54. The molecule has 0 saturated heterocycles. The maximum absolute atomic E-state index is 12.0. The van der Waals surface area contributed by atoms with Gasteiger partial charge in [0.2, 0.25) is 0 Å². The van der Waals surface area contributed by atoms with Crippen molar-refractivity contribution >= 4 is 24.5 Å². The molecule has 2 nitrogen and oxygen atoms in total. The maximum Gasteiger partial charge on any atom is 0.262 e. The second kappa shape index (κ2) is 6.06. The Labute approximate surface area is 139 Å². The summed E-state index contributed by atoms with van der Waals surface area (Å²) in [5, 5.41) is 2.41. The molecular weight excluding hydrogens is 300 g/mol. The lowest BCUT2D eigenvalue weighted by molar-refractivity contribution is -0.133. The van der Waals surface area contributed by atoms with Crippen molar-refractivity contribution in [2.75, 3.05) is 0 Å². The van der Waals surface area contributed by atoms with Crippen LogP contribution in [0.15, 0.2) is 60.7 Å². The van der Waals surface area contributed by atoms with Crippen LogP contribution in [0.2, 0.25) is 5.04 Å². The molecule has 1 aliphatic carbocycles. The van der Waals surface area contributed by atoms with Crippen LogP contribution >= 0.6 is 0 Å². The molecule has 1 unspecified atom stereocenters. The summed E-state index contributed by atoms with van der Waals surface area (Å²) in [6, 6.07) is 21.0. The van der Waals surface area contributed by atoms with Crippen LogP contribution in [-0.4, -0.2) is 20.2 Å². The van der Waals surface area contributed by atoms with Gasteiger partial charge in [-0.25, -0.2) is 0 Å². The summed E-state index contributed by atoms with van der Waals surface area (Å²) >= 11 is 0. The predicted octanol–water partition coefficient (Wildman–Crippen LogP) is 3.29. The van der Waals surface area contributed by atoms with E-state index in [2.05, 4.69) is 69.3 Å². The van der Waals surface area contributed by atoms with Gasteiger partial charge in [0.05, 0.1) is 0 Å². The molecule has 3 rings (SSSR count). The minimum Gasteiger partial charge on any atom is -0.397 e. The van der Waals surface area contributed by atoms with E-state index in [9.17, 15) is 4.79 Å². The Hall–Kier alpha value is -1.71. The molecule has 0 heterocycles. The number of hydrogen-bond acceptors (Lipinski definition) is 2. The standard InChI is InChI=1S/C20H24O2Si/c1-20(2,3)23(16-10-6-4-7-11-16,17-12-8-5-9-13-17)22-19-15-14-18(19)21/h4-13,19H,14-15H2,1-3H3. The van der Waals surface area contributed by atoms with Crippen molar-refractivity contribution < 1.29 is 9.22 Å². The molecule has 0 radical (unpaired) electrons. The van der Waals surface area contributed by atoms with Crippen LogP contribution in [0.25, 0.3) is 0 Å². The summed E-state index contributed by atoms with van der Waals surface area (Å²) in [7, 11) is -2.54. The van der Waals surface area contributed by atoms with Crippen molar-refractivity contribution in [1.29, 1.82) is 0 Å². The van der Waals surface area contributed by atoms with Gasteiger partial charge in [-0.1, -0.05) is 81.4 Å². The third-order valence-electron chi connectivity index (χ3n) is 4.75. The Morgan fingerprint density at radius 1 is 0.913 bits per heavy atom. The number of ketones is 1. The van der Waals surface area contributed by atoms with Crippen molar-refractivity contribution in [1.82, 2.24) is 0 Å². The summed E-state index contributed by atoms with van der Waals surface area (Å²) in [6.45, 7) is 6.72. The summed E-state index contributed by atoms with van der Waals surface area (Å²) < 4.78 is 6.71. The van der Waals surface area contributed by atoms with Gasteiger partial charge in [0.15, 0.2) is 5.78 Å². The first kappa shape index (κ1) is 16.2. The van der Waals surface area contributed by atoms with Gasteiger partial charge in [-0.2, -0.15) is 0 Å². The molecule has 1 atom stereocenters. The van der Waals surface area contributed by atoms with Crippen molar-refractivity contribution in [3.63, 3.8) is 0 Å². The van der Waals surface area contributed by atoms with Gasteiger partial charge in [-0.15, -0.1) is 0 Å². The molecule has 2 aromatic rings. The average molecular weight is 324 g/mol. The Kier molecular flexibility index (Phi) is 4.26. The van der Waals surface area contributed by atoms with E-state index in [-0.39, 0.29) is 16.9 Å². The smallest absolute Gasteiger partial charge is 0.262 e. The molecule has 0 aromatic heterocycles. The van der Waals surface area contributed by atoms with Crippen LogP contribution in [0.4, 0.5) is 0 Å². The SMILES string of the molecule is CC(C)(C)[Si](OC1CCC1=O)(c1ccccc1)c1ccccc1. The Morgan fingerprint density at radius 2 is 1.39 bits per heavy atom. The first-order valence-electron chi connectivity index (χ1n) is 8.27. The fraction of sp³-hybridized carbons (Fsp3) is 0.350. The molecule has 0 spiro atoms. The second-order valence-corrected chi connectivity index (χ2v) is 11.5. The van der Waals surface area contributed by atoms with Crippen LogP contribution in [0.5, 0.6) is 0 Å². The zero-order chi connectivity index (χ0) is 16.5. The third kappa shape index (κ3) is 2.79. The molecule has 1 fully saturated rings. The van der Waals surface area contributed by atoms with Gasteiger partial charge >= 0.3 is 0 Å². The molecule has 3 heteroatoms. The first-order chi connectivity index (χ1) is 10.9. The van der Waals surface area contributed by atoms with Gasteiger partial charge in [0.1, 0.15) is 6.10 Å². The number of carbonyl (C=O) groups is 1. The van der Waals surface area contributed by atoms with Gasteiger partial charge in [-0.3, -0.25) is 4.79 Å². The zero-order valence-corrected chi connectivity index (χ0v) is 15.1. The van der Waals surface area contributed by atoms with E-state index in [0.29, 0.717) is 6.42 Å². The zero-order valence-electron chi connectivity index (χ0n) is 14.1. The average Bonchev–Trinajstić information content (AvgIpc) is 2.55. The lowest BCUT2D eigenvalue weighted by Gasteiger charge is -2.46. The monoisotopic (exact) mass is 324 g/mol. The summed E-state index contributed by atoms with van der Waals surface area (Å²) in [4.78, 5) is 12.0. The maximum atomic E-state index is 12.0. The van der Waals surface area contributed by atoms with E-state index in [1.54, 1.807) is 0 Å². The molecule has 0 amide bonds. The molecular formula is C20H24O2Si. The van der Waals surface area contributed by atoms with Crippen LogP contribution in [0, 0.1) is 0 Å². The summed E-state index contributed by atoms with van der Waals surface area (Å²) in [6.07, 6.45) is 1.27. The predicted molar refractivity (Wildman–Crippen MR) is 96.7 cm³/mol. The molecule has 0 bridgehead atoms. The van der Waals surface area contributed by atoms with E-state index in [1.807, 2.05) is 12.1 Å². The first-order valence-corrected chi connectivity index (χ1v) is 10.2. The van der Waals surface area contributed by atoms with Gasteiger partial charge in [0.25, 0.3) is 8.32 Å². The number of rotatable bonds is 4. The molecule has 0 N–H and O–H groups in total. The topological polar surface area (TPSA) is 26.3 Å². The fourth-order valence-electron chi connectivity index (χ4n) is 3.41. The quantitative estimate of drug-likeness (QED) is 0.807. The van der Waals surface area contributed by atoms with Crippen LogP contribution < -0.4 is 10.4 Å².